The van der Waals surface area contributed by atoms with Gasteiger partial charge in [-0.1, -0.05) is 6.07 Å². The van der Waals surface area contributed by atoms with Crippen molar-refractivity contribution < 1.29 is 9.53 Å². The normalized spacial score (nSPS) is 16.1. The second kappa shape index (κ2) is 7.21. The van der Waals surface area contributed by atoms with Gasteiger partial charge in [0.1, 0.15) is 5.82 Å². The van der Waals surface area contributed by atoms with Crippen LogP contribution in [0.3, 0.4) is 0 Å². The van der Waals surface area contributed by atoms with Crippen molar-refractivity contribution in [1.82, 2.24) is 19.8 Å². The molecule has 1 aliphatic heterocycles. The van der Waals surface area contributed by atoms with E-state index in [1.165, 1.54) is 5.56 Å². The lowest BCUT2D eigenvalue weighted by atomic mass is 10.0. The molecule has 6 nitrogen and oxygen atoms in total. The van der Waals surface area contributed by atoms with Crippen molar-refractivity contribution in [3.05, 3.63) is 29.6 Å². The third kappa shape index (κ3) is 3.70. The minimum Gasteiger partial charge on any atom is -0.450 e. The molecule has 130 valence electrons. The minimum atomic E-state index is -0.189. The van der Waals surface area contributed by atoms with Gasteiger partial charge in [-0.15, -0.1) is 0 Å². The summed E-state index contributed by atoms with van der Waals surface area (Å²) in [5, 5.41) is 0. The molecule has 1 amide bonds. The molecule has 2 aromatic rings. The Balaban J connectivity index is 1.57. The first-order chi connectivity index (χ1) is 11.6. The molecule has 0 saturated carbocycles. The van der Waals surface area contributed by atoms with Gasteiger partial charge in [0.25, 0.3) is 0 Å². The van der Waals surface area contributed by atoms with Gasteiger partial charge in [-0.2, -0.15) is 0 Å². The Kier molecular flexibility index (Phi) is 5.04. The Labute approximate surface area is 142 Å². The second-order valence-electron chi connectivity index (χ2n) is 6.54. The van der Waals surface area contributed by atoms with E-state index in [9.17, 15) is 4.79 Å². The molecule has 0 atom stereocenters. The van der Waals surface area contributed by atoms with Crippen molar-refractivity contribution in [3.8, 4) is 0 Å². The number of piperidine rings is 1. The molecular formula is C18H26N4O2. The van der Waals surface area contributed by atoms with E-state index >= 15 is 0 Å². The van der Waals surface area contributed by atoms with Crippen LogP contribution in [0.5, 0.6) is 0 Å². The highest BCUT2D eigenvalue weighted by molar-refractivity contribution is 5.75. The van der Waals surface area contributed by atoms with Crippen molar-refractivity contribution in [2.24, 2.45) is 0 Å². The standard InChI is InChI=1S/C18H26N4O2/c1-4-24-18(23)22-9-7-14(8-10-22)21(3)12-17-19-15-6-5-13(2)11-16(15)20-17/h5-6,11,14H,4,7-10,12H2,1-3H3,(H,19,20). The predicted molar refractivity (Wildman–Crippen MR) is 93.9 cm³/mol. The molecule has 3 rings (SSSR count). The van der Waals surface area contributed by atoms with Crippen molar-refractivity contribution in [3.63, 3.8) is 0 Å². The van der Waals surface area contributed by atoms with E-state index in [0.717, 1.165) is 49.3 Å². The predicted octanol–water partition coefficient (Wildman–Crippen LogP) is 2.92. The molecule has 0 radical (unpaired) electrons. The van der Waals surface area contributed by atoms with Crippen LogP contribution in [-0.4, -0.2) is 58.6 Å². The smallest absolute Gasteiger partial charge is 0.409 e. The average molecular weight is 330 g/mol. The van der Waals surface area contributed by atoms with E-state index in [1.807, 2.05) is 6.92 Å². The van der Waals surface area contributed by atoms with E-state index in [4.69, 9.17) is 4.74 Å². The molecule has 24 heavy (non-hydrogen) atoms. The molecule has 0 aliphatic carbocycles. The van der Waals surface area contributed by atoms with Gasteiger partial charge in [0, 0.05) is 19.1 Å². The van der Waals surface area contributed by atoms with Crippen LogP contribution in [-0.2, 0) is 11.3 Å². The van der Waals surface area contributed by atoms with E-state index in [1.54, 1.807) is 4.90 Å². The number of aromatic amines is 1. The van der Waals surface area contributed by atoms with Gasteiger partial charge in [-0.3, -0.25) is 4.90 Å². The zero-order valence-electron chi connectivity index (χ0n) is 14.7. The van der Waals surface area contributed by atoms with Crippen molar-refractivity contribution in [1.29, 1.82) is 0 Å². The van der Waals surface area contributed by atoms with Crippen molar-refractivity contribution in [2.75, 3.05) is 26.7 Å². The Hall–Kier alpha value is -2.08. The number of aryl methyl sites for hydroxylation is 1. The molecule has 1 aromatic carbocycles. The maximum Gasteiger partial charge on any atom is 0.409 e. The molecule has 1 saturated heterocycles. The number of amides is 1. The van der Waals surface area contributed by atoms with Crippen molar-refractivity contribution >= 4 is 17.1 Å². The molecule has 1 N–H and O–H groups in total. The number of benzene rings is 1. The van der Waals surface area contributed by atoms with Gasteiger partial charge in [-0.05, 0) is 51.4 Å². The molecule has 0 unspecified atom stereocenters. The first-order valence-electron chi connectivity index (χ1n) is 8.64. The minimum absolute atomic E-state index is 0.189. The molecule has 2 heterocycles. The van der Waals surface area contributed by atoms with Crippen LogP contribution in [0.2, 0.25) is 0 Å². The number of hydrogen-bond acceptors (Lipinski definition) is 4. The maximum absolute atomic E-state index is 11.8. The zero-order valence-corrected chi connectivity index (χ0v) is 14.7. The number of imidazole rings is 1. The van der Waals surface area contributed by atoms with Gasteiger partial charge in [-0.25, -0.2) is 9.78 Å². The third-order valence-corrected chi connectivity index (χ3v) is 4.70. The summed E-state index contributed by atoms with van der Waals surface area (Å²) in [4.78, 5) is 24.0. The number of fused-ring (bicyclic) bond motifs is 1. The Morgan fingerprint density at radius 2 is 2.17 bits per heavy atom. The fourth-order valence-electron chi connectivity index (χ4n) is 3.32. The Morgan fingerprint density at radius 3 is 2.88 bits per heavy atom. The van der Waals surface area contributed by atoms with Crippen LogP contribution in [0.15, 0.2) is 18.2 Å². The third-order valence-electron chi connectivity index (χ3n) is 4.70. The lowest BCUT2D eigenvalue weighted by Gasteiger charge is -2.35. The topological polar surface area (TPSA) is 61.5 Å². The summed E-state index contributed by atoms with van der Waals surface area (Å²) in [5.74, 6) is 0.992. The molecular weight excluding hydrogens is 304 g/mol. The molecule has 0 spiro atoms. The number of H-pyrrole nitrogens is 1. The van der Waals surface area contributed by atoms with Crippen LogP contribution in [0.1, 0.15) is 31.2 Å². The summed E-state index contributed by atoms with van der Waals surface area (Å²) in [5.41, 5.74) is 3.34. The van der Waals surface area contributed by atoms with E-state index in [-0.39, 0.29) is 6.09 Å². The van der Waals surface area contributed by atoms with Crippen LogP contribution >= 0.6 is 0 Å². The lowest BCUT2D eigenvalue weighted by Crippen LogP contribution is -2.45. The van der Waals surface area contributed by atoms with Gasteiger partial charge >= 0.3 is 6.09 Å². The number of aromatic nitrogens is 2. The van der Waals surface area contributed by atoms with Gasteiger partial charge < -0.3 is 14.6 Å². The Morgan fingerprint density at radius 1 is 1.42 bits per heavy atom. The quantitative estimate of drug-likeness (QED) is 0.936. The van der Waals surface area contributed by atoms with Crippen molar-refractivity contribution in [2.45, 2.75) is 39.3 Å². The van der Waals surface area contributed by atoms with Gasteiger partial charge in [0.05, 0.1) is 24.2 Å². The largest absolute Gasteiger partial charge is 0.450 e. The number of likely N-dealkylation sites (tertiary alicyclic amines) is 1. The SMILES string of the molecule is CCOC(=O)N1CCC(N(C)Cc2nc3ccc(C)cc3[nH]2)CC1. The molecule has 1 aromatic heterocycles. The van der Waals surface area contributed by atoms with E-state index in [0.29, 0.717) is 12.6 Å². The maximum atomic E-state index is 11.8. The highest BCUT2D eigenvalue weighted by atomic mass is 16.6. The van der Waals surface area contributed by atoms with Crippen LogP contribution in [0.25, 0.3) is 11.0 Å². The number of ether oxygens (including phenoxy) is 1. The van der Waals surface area contributed by atoms with Crippen LogP contribution in [0.4, 0.5) is 4.79 Å². The number of carbonyl (C=O) groups excluding carboxylic acids is 1. The number of carbonyl (C=O) groups is 1. The van der Waals surface area contributed by atoms with Crippen LogP contribution < -0.4 is 0 Å². The average Bonchev–Trinajstić information content (AvgIpc) is 2.96. The Bertz CT molecular complexity index is 704. The number of hydrogen-bond donors (Lipinski definition) is 1. The molecule has 1 aliphatic rings. The number of nitrogens with one attached hydrogen (secondary N) is 1. The van der Waals surface area contributed by atoms with Gasteiger partial charge in [0.2, 0.25) is 0 Å². The lowest BCUT2D eigenvalue weighted by molar-refractivity contribution is 0.0789. The summed E-state index contributed by atoms with van der Waals surface area (Å²) >= 11 is 0. The summed E-state index contributed by atoms with van der Waals surface area (Å²) in [6.07, 6.45) is 1.75. The first kappa shape index (κ1) is 16.8. The monoisotopic (exact) mass is 330 g/mol. The fourth-order valence-corrected chi connectivity index (χ4v) is 3.32. The van der Waals surface area contributed by atoms with E-state index < -0.39 is 0 Å². The zero-order chi connectivity index (χ0) is 17.1. The summed E-state index contributed by atoms with van der Waals surface area (Å²) in [6.45, 7) is 6.67. The first-order valence-corrected chi connectivity index (χ1v) is 8.64. The summed E-state index contributed by atoms with van der Waals surface area (Å²) in [6, 6.07) is 6.74. The van der Waals surface area contributed by atoms with Gasteiger partial charge in [0.15, 0.2) is 0 Å². The van der Waals surface area contributed by atoms with Crippen LogP contribution in [0, 0.1) is 6.92 Å². The molecule has 0 bridgehead atoms. The fraction of sp³-hybridized carbons (Fsp3) is 0.556. The molecule has 1 fully saturated rings. The number of nitrogens with zero attached hydrogens (tertiary/aromatic N) is 3. The second-order valence-corrected chi connectivity index (χ2v) is 6.54. The highest BCUT2D eigenvalue weighted by Crippen LogP contribution is 2.19. The molecule has 6 heteroatoms. The van der Waals surface area contributed by atoms with E-state index in [2.05, 4.69) is 47.0 Å². The number of rotatable bonds is 4. The summed E-state index contributed by atoms with van der Waals surface area (Å²) in [7, 11) is 2.13. The summed E-state index contributed by atoms with van der Waals surface area (Å²) < 4.78 is 5.07. The highest BCUT2D eigenvalue weighted by Gasteiger charge is 2.26.